The molecule has 150 valence electrons. The molecular formula is C20H22N6O2S. The number of sulfone groups is 1. The summed E-state index contributed by atoms with van der Waals surface area (Å²) in [5, 5.41) is 2.01. The van der Waals surface area contributed by atoms with E-state index in [1.165, 1.54) is 6.20 Å². The molecule has 3 aromatic rings. The van der Waals surface area contributed by atoms with Crippen LogP contribution in [0.25, 0.3) is 11.0 Å². The second-order valence-corrected chi connectivity index (χ2v) is 9.56. The number of hydrogen-bond donors (Lipinski definition) is 1. The molecule has 0 aromatic carbocycles. The Kier molecular flexibility index (Phi) is 4.27. The van der Waals surface area contributed by atoms with Gasteiger partial charge in [0, 0.05) is 44.0 Å². The number of fused-ring (bicyclic) bond motifs is 2. The first kappa shape index (κ1) is 18.1. The van der Waals surface area contributed by atoms with E-state index in [4.69, 9.17) is 0 Å². The van der Waals surface area contributed by atoms with Crippen molar-refractivity contribution in [2.24, 2.45) is 11.8 Å². The largest absolute Gasteiger partial charge is 0.356 e. The predicted molar refractivity (Wildman–Crippen MR) is 112 cm³/mol. The van der Waals surface area contributed by atoms with Crippen molar-refractivity contribution in [1.29, 1.82) is 0 Å². The Morgan fingerprint density at radius 1 is 1.07 bits per heavy atom. The Bertz CT molecular complexity index is 1160. The lowest BCUT2D eigenvalue weighted by Crippen LogP contribution is -2.40. The highest BCUT2D eigenvalue weighted by atomic mass is 32.2. The van der Waals surface area contributed by atoms with E-state index in [0.29, 0.717) is 11.8 Å². The monoisotopic (exact) mass is 410 g/mol. The van der Waals surface area contributed by atoms with Crippen LogP contribution in [0.1, 0.15) is 6.42 Å². The topological polar surface area (TPSA) is 95.1 Å². The zero-order valence-corrected chi connectivity index (χ0v) is 16.7. The third-order valence-corrected chi connectivity index (χ3v) is 7.36. The van der Waals surface area contributed by atoms with Crippen molar-refractivity contribution in [3.63, 3.8) is 0 Å². The number of H-pyrrole nitrogens is 1. The van der Waals surface area contributed by atoms with Gasteiger partial charge in [-0.1, -0.05) is 6.58 Å². The lowest BCUT2D eigenvalue weighted by atomic mass is 9.88. The van der Waals surface area contributed by atoms with E-state index >= 15 is 0 Å². The molecule has 5 rings (SSSR count). The molecule has 9 heteroatoms. The van der Waals surface area contributed by atoms with Crippen LogP contribution in [0.2, 0.25) is 0 Å². The molecule has 2 saturated heterocycles. The first-order valence-corrected chi connectivity index (χ1v) is 11.2. The van der Waals surface area contributed by atoms with Crippen molar-refractivity contribution >= 4 is 32.5 Å². The minimum absolute atomic E-state index is 0.179. The van der Waals surface area contributed by atoms with Gasteiger partial charge in [-0.3, -0.25) is 0 Å². The molecular weight excluding hydrogens is 388 g/mol. The fourth-order valence-electron chi connectivity index (χ4n) is 4.48. The first-order chi connectivity index (χ1) is 14.0. The third kappa shape index (κ3) is 3.15. The number of nitrogens with zero attached hydrogens (tertiary/aromatic N) is 5. The molecule has 0 bridgehead atoms. The van der Waals surface area contributed by atoms with Gasteiger partial charge < -0.3 is 14.8 Å². The van der Waals surface area contributed by atoms with Crippen molar-refractivity contribution < 1.29 is 8.42 Å². The van der Waals surface area contributed by atoms with Crippen LogP contribution >= 0.6 is 0 Å². The fourth-order valence-corrected chi connectivity index (χ4v) is 5.13. The summed E-state index contributed by atoms with van der Waals surface area (Å²) in [5.74, 6) is 2.94. The molecule has 0 spiro atoms. The van der Waals surface area contributed by atoms with Crippen molar-refractivity contribution in [3.05, 3.63) is 48.9 Å². The zero-order chi connectivity index (χ0) is 20.0. The highest BCUT2D eigenvalue weighted by molar-refractivity contribution is 7.94. The van der Waals surface area contributed by atoms with E-state index in [2.05, 4.69) is 36.3 Å². The smallest absolute Gasteiger partial charge is 0.200 e. The number of hydrogen-bond acceptors (Lipinski definition) is 7. The summed E-state index contributed by atoms with van der Waals surface area (Å²) in [6, 6.07) is 5.43. The van der Waals surface area contributed by atoms with Gasteiger partial charge in [0.2, 0.25) is 9.84 Å². The maximum absolute atomic E-state index is 11.9. The van der Waals surface area contributed by atoms with E-state index in [1.807, 2.05) is 12.3 Å². The molecule has 1 N–H and O–H groups in total. The summed E-state index contributed by atoms with van der Waals surface area (Å²) in [6.07, 6.45) is 6.03. The highest BCUT2D eigenvalue weighted by Crippen LogP contribution is 2.36. The molecule has 5 heterocycles. The summed E-state index contributed by atoms with van der Waals surface area (Å²) in [4.78, 5) is 21.2. The van der Waals surface area contributed by atoms with Gasteiger partial charge in [0.05, 0.1) is 10.3 Å². The predicted octanol–water partition coefficient (Wildman–Crippen LogP) is 2.23. The highest BCUT2D eigenvalue weighted by Gasteiger charge is 2.38. The molecule has 2 aliphatic rings. The maximum Gasteiger partial charge on any atom is 0.200 e. The molecule has 2 aliphatic heterocycles. The molecule has 2 fully saturated rings. The Balaban J connectivity index is 1.33. The maximum atomic E-state index is 11.9. The molecule has 29 heavy (non-hydrogen) atoms. The third-order valence-electron chi connectivity index (χ3n) is 6.03. The number of rotatable bonds is 4. The number of anilines is 2. The molecule has 0 amide bonds. The van der Waals surface area contributed by atoms with Gasteiger partial charge in [-0.15, -0.1) is 0 Å². The normalized spacial score (nSPS) is 22.1. The second-order valence-electron chi connectivity index (χ2n) is 7.66. The standard InChI is InChI=1S/C20H22N6O2S/c1-2-29(27,28)16-3-4-18(22-9-16)26-10-14-6-8-25(11-15(14)12-26)20-17-5-7-21-19(17)23-13-24-20/h2-5,7,9,13-15H,1,6,8,10-12H2,(H,21,23,24)/t14-,15+/m1/s1. The lowest BCUT2D eigenvalue weighted by Gasteiger charge is -2.35. The van der Waals surface area contributed by atoms with Crippen LogP contribution in [-0.2, 0) is 9.84 Å². The number of nitrogens with one attached hydrogen (secondary N) is 1. The lowest BCUT2D eigenvalue weighted by molar-refractivity contribution is 0.348. The van der Waals surface area contributed by atoms with Crippen LogP contribution in [0, 0.1) is 11.8 Å². The van der Waals surface area contributed by atoms with Crippen LogP contribution in [0.3, 0.4) is 0 Å². The van der Waals surface area contributed by atoms with Crippen molar-refractivity contribution in [1.82, 2.24) is 19.9 Å². The van der Waals surface area contributed by atoms with Crippen LogP contribution in [0.5, 0.6) is 0 Å². The van der Waals surface area contributed by atoms with E-state index in [9.17, 15) is 8.42 Å². The Morgan fingerprint density at radius 3 is 2.69 bits per heavy atom. The summed E-state index contributed by atoms with van der Waals surface area (Å²) in [7, 11) is -3.45. The number of aromatic amines is 1. The molecule has 2 atom stereocenters. The van der Waals surface area contributed by atoms with E-state index in [0.717, 1.165) is 60.7 Å². The van der Waals surface area contributed by atoms with Gasteiger partial charge in [0.15, 0.2) is 0 Å². The quantitative estimate of drug-likeness (QED) is 0.705. The van der Waals surface area contributed by atoms with Gasteiger partial charge in [0.1, 0.15) is 23.6 Å². The fraction of sp³-hybridized carbons (Fsp3) is 0.350. The van der Waals surface area contributed by atoms with Gasteiger partial charge in [-0.05, 0) is 36.5 Å². The average molecular weight is 411 g/mol. The molecule has 0 radical (unpaired) electrons. The van der Waals surface area contributed by atoms with Crippen LogP contribution in [0.15, 0.2) is 53.8 Å². The zero-order valence-electron chi connectivity index (χ0n) is 15.9. The first-order valence-electron chi connectivity index (χ1n) is 9.67. The summed E-state index contributed by atoms with van der Waals surface area (Å²) < 4.78 is 23.8. The van der Waals surface area contributed by atoms with Gasteiger partial charge in [-0.2, -0.15) is 0 Å². The van der Waals surface area contributed by atoms with Gasteiger partial charge in [0.25, 0.3) is 0 Å². The summed E-state index contributed by atoms with van der Waals surface area (Å²) in [5.41, 5.74) is 0.865. The molecule has 0 unspecified atom stereocenters. The van der Waals surface area contributed by atoms with Crippen LogP contribution < -0.4 is 9.80 Å². The minimum Gasteiger partial charge on any atom is -0.356 e. The van der Waals surface area contributed by atoms with E-state index in [1.54, 1.807) is 18.5 Å². The van der Waals surface area contributed by atoms with E-state index in [-0.39, 0.29) is 4.90 Å². The average Bonchev–Trinajstić information content (AvgIpc) is 3.40. The van der Waals surface area contributed by atoms with E-state index < -0.39 is 9.84 Å². The molecule has 0 aliphatic carbocycles. The van der Waals surface area contributed by atoms with Crippen molar-refractivity contribution in [3.8, 4) is 0 Å². The number of aromatic nitrogens is 4. The Hall–Kier alpha value is -2.94. The SMILES string of the molecule is C=CS(=O)(=O)c1ccc(N2C[C@H]3CCN(c4ncnc5[nH]ccc45)C[C@H]3C2)nc1. The van der Waals surface area contributed by atoms with Gasteiger partial charge in [-0.25, -0.2) is 23.4 Å². The number of piperidine rings is 1. The molecule has 0 saturated carbocycles. The minimum atomic E-state index is -3.45. The number of pyridine rings is 1. The van der Waals surface area contributed by atoms with Crippen LogP contribution in [0.4, 0.5) is 11.6 Å². The molecule has 8 nitrogen and oxygen atoms in total. The van der Waals surface area contributed by atoms with Crippen LogP contribution in [-0.4, -0.2) is 54.5 Å². The summed E-state index contributed by atoms with van der Waals surface area (Å²) >= 11 is 0. The molecule has 3 aromatic heterocycles. The Labute approximate surface area is 169 Å². The van der Waals surface area contributed by atoms with Crippen molar-refractivity contribution in [2.75, 3.05) is 36.0 Å². The van der Waals surface area contributed by atoms with Gasteiger partial charge >= 0.3 is 0 Å². The Morgan fingerprint density at radius 2 is 1.90 bits per heavy atom. The van der Waals surface area contributed by atoms with Crippen molar-refractivity contribution in [2.45, 2.75) is 11.3 Å². The summed E-state index contributed by atoms with van der Waals surface area (Å²) in [6.45, 7) is 7.13. The second kappa shape index (κ2) is 6.84.